The number of anilines is 2. The highest BCUT2D eigenvalue weighted by Gasteiger charge is 2.42. The van der Waals surface area contributed by atoms with Gasteiger partial charge in [0.25, 0.3) is 17.7 Å². The monoisotopic (exact) mass is 1210 g/mol. The summed E-state index contributed by atoms with van der Waals surface area (Å²) in [6.45, 7) is 21.8. The van der Waals surface area contributed by atoms with E-state index in [9.17, 15) is 57.8 Å². The molecule has 0 aliphatic heterocycles. The molecule has 0 saturated carbocycles. The third-order valence-corrected chi connectivity index (χ3v) is 13.4. The third kappa shape index (κ3) is 24.2. The molecule has 0 aromatic heterocycles. The van der Waals surface area contributed by atoms with Crippen molar-refractivity contribution in [2.24, 2.45) is 23.7 Å². The lowest BCUT2D eigenvalue weighted by Crippen LogP contribution is -2.54. The maximum Gasteiger partial charge on any atom is 0.411 e. The Labute approximate surface area is 505 Å². The van der Waals surface area contributed by atoms with Gasteiger partial charge in [-0.3, -0.25) is 29.9 Å². The number of ether oxygens (including phenoxy) is 7. The highest BCUT2D eigenvalue weighted by Crippen LogP contribution is 2.25. The highest BCUT2D eigenvalue weighted by atomic mass is 16.6. The van der Waals surface area contributed by atoms with Gasteiger partial charge in [0, 0.05) is 52.4 Å². The fourth-order valence-corrected chi connectivity index (χ4v) is 8.72. The van der Waals surface area contributed by atoms with Gasteiger partial charge in [-0.1, -0.05) is 79.7 Å². The summed E-state index contributed by atoms with van der Waals surface area (Å²) >= 11 is 0. The number of rotatable bonds is 30. The average molecular weight is 1210 g/mol. The molecule has 480 valence electrons. The van der Waals surface area contributed by atoms with Gasteiger partial charge in [0.1, 0.15) is 29.8 Å². The van der Waals surface area contributed by atoms with Gasteiger partial charge in [-0.2, -0.15) is 0 Å². The van der Waals surface area contributed by atoms with E-state index in [1.165, 1.54) is 61.5 Å². The molecule has 0 radical (unpaired) electrons. The molecule has 25 heteroatoms. The van der Waals surface area contributed by atoms with Crippen molar-refractivity contribution in [3.05, 3.63) is 59.7 Å². The second kappa shape index (κ2) is 34.2. The summed E-state index contributed by atoms with van der Waals surface area (Å²) in [5.41, 5.74) is 0.680. The first-order valence-corrected chi connectivity index (χ1v) is 28.6. The van der Waals surface area contributed by atoms with Crippen LogP contribution in [0.25, 0.3) is 0 Å². The Morgan fingerprint density at radius 3 is 1.02 bits per heavy atom. The molecule has 0 heterocycles. The van der Waals surface area contributed by atoms with E-state index in [1.54, 1.807) is 98.7 Å². The second-order valence-corrected chi connectivity index (χ2v) is 23.9. The molecule has 0 fully saturated rings. The lowest BCUT2D eigenvalue weighted by Gasteiger charge is -2.34. The van der Waals surface area contributed by atoms with Crippen molar-refractivity contribution >= 4 is 77.2 Å². The van der Waals surface area contributed by atoms with E-state index in [4.69, 9.17) is 23.7 Å². The van der Waals surface area contributed by atoms with Crippen LogP contribution in [0, 0.1) is 23.7 Å². The number of esters is 4. The van der Waals surface area contributed by atoms with Crippen molar-refractivity contribution in [2.75, 3.05) is 53.0 Å². The molecule has 0 bridgehead atoms. The number of carbonyl (C=O) groups excluding carboxylic acids is 10. The van der Waals surface area contributed by atoms with Crippen molar-refractivity contribution in [3.63, 3.8) is 0 Å². The summed E-state index contributed by atoms with van der Waals surface area (Å²) in [4.78, 5) is 154. The van der Waals surface area contributed by atoms with Gasteiger partial charge < -0.3 is 53.0 Å². The lowest BCUT2D eigenvalue weighted by molar-refractivity contribution is -0.174. The lowest BCUT2D eigenvalue weighted by atomic mass is 10.00. The largest absolute Gasteiger partial charge is 0.479 e. The number of likely N-dealkylation sites (N-methyl/N-ethyl adjacent to an activating group) is 4. The summed E-state index contributed by atoms with van der Waals surface area (Å²) in [5.74, 6) is -8.92. The molecular formula is C61H92N6O19. The van der Waals surface area contributed by atoms with Crippen LogP contribution in [-0.4, -0.2) is 187 Å². The molecule has 0 unspecified atom stereocenters. The predicted octanol–water partition coefficient (Wildman–Crippen LogP) is 7.50. The van der Waals surface area contributed by atoms with Crippen LogP contribution in [0.3, 0.4) is 0 Å². The summed E-state index contributed by atoms with van der Waals surface area (Å²) < 4.78 is 38.0. The number of methoxy groups -OCH3 is 2. The normalized spacial score (nSPS) is 14.2. The maximum atomic E-state index is 14.9. The molecule has 8 atom stereocenters. The van der Waals surface area contributed by atoms with Gasteiger partial charge in [0.15, 0.2) is 24.4 Å². The summed E-state index contributed by atoms with van der Waals surface area (Å²) in [7, 11) is 7.67. The van der Waals surface area contributed by atoms with Crippen LogP contribution >= 0.6 is 0 Å². The van der Waals surface area contributed by atoms with E-state index in [0.717, 1.165) is 26.5 Å². The van der Waals surface area contributed by atoms with Gasteiger partial charge in [-0.05, 0) is 119 Å². The van der Waals surface area contributed by atoms with Gasteiger partial charge in [-0.15, -0.1) is 0 Å². The number of carboxylic acid groups (broad SMARTS) is 1. The molecule has 3 N–H and O–H groups in total. The maximum absolute atomic E-state index is 14.9. The molecular weight excluding hydrogens is 1120 g/mol. The number of nitrogens with zero attached hydrogens (tertiary/aromatic N) is 4. The minimum atomic E-state index is -1.66. The predicted molar refractivity (Wildman–Crippen MR) is 316 cm³/mol. The van der Waals surface area contributed by atoms with Crippen molar-refractivity contribution in [3.8, 4) is 0 Å². The Morgan fingerprint density at radius 1 is 0.442 bits per heavy atom. The van der Waals surface area contributed by atoms with Crippen LogP contribution in [0.5, 0.6) is 0 Å². The molecule has 6 amide bonds. The fourth-order valence-electron chi connectivity index (χ4n) is 8.72. The molecule has 0 aliphatic carbocycles. The van der Waals surface area contributed by atoms with Crippen LogP contribution < -0.4 is 10.6 Å². The number of carbonyl (C=O) groups is 11. The highest BCUT2D eigenvalue weighted by molar-refractivity contribution is 5.94. The van der Waals surface area contributed by atoms with Crippen LogP contribution in [0.4, 0.5) is 25.8 Å². The minimum absolute atomic E-state index is 0.00520. The van der Waals surface area contributed by atoms with E-state index in [-0.39, 0.29) is 62.2 Å². The van der Waals surface area contributed by atoms with E-state index >= 15 is 0 Å². The Kier molecular flexibility index (Phi) is 29.5. The number of hydrogen-bond acceptors (Lipinski definition) is 18. The second-order valence-electron chi connectivity index (χ2n) is 23.9. The zero-order valence-corrected chi connectivity index (χ0v) is 53.4. The molecule has 86 heavy (non-hydrogen) atoms. The van der Waals surface area contributed by atoms with Crippen LogP contribution in [0.1, 0.15) is 127 Å². The van der Waals surface area contributed by atoms with Crippen molar-refractivity contribution < 1.29 is 91.0 Å². The smallest absolute Gasteiger partial charge is 0.411 e. The van der Waals surface area contributed by atoms with Crippen LogP contribution in [0.15, 0.2) is 48.5 Å². The van der Waals surface area contributed by atoms with Crippen LogP contribution in [0.2, 0.25) is 0 Å². The number of nitrogens with one attached hydrogen (secondary N) is 2. The summed E-state index contributed by atoms with van der Waals surface area (Å²) in [6.07, 6.45) is -9.11. The standard InChI is InChI=1S/C61H92N6O19/c1-34(2)28-44(65(15)52(70)49(33-41-22-26-43(27-23-41)63-59(78)81-19)85-57(76)47(31-37(7)8)67(17)60(79)86-61(11,12)13)54(73)82-38(9)50(68)64(14)46(30-36(5)6)56(75)84-48(32-40-20-24-42(25-21-40)62-58(77)80-18)51(69)66(16)45(29-35(3)4)55(74)83-39(10)53(71)72/h20-27,34-39,44-49H,28-33H2,1-19H3,(H,62,77)(H,63,78)(H,71,72)/t38-,39-,44+,45+,46+,47+,48-,49-/m0/s1. The zero-order valence-electron chi connectivity index (χ0n) is 53.4. The molecule has 0 spiro atoms. The zero-order chi connectivity index (χ0) is 65.7. The van der Waals surface area contributed by atoms with E-state index < -0.39 is 120 Å². The first kappa shape index (κ1) is 74.1. The Hall–Kier alpha value is -7.99. The Morgan fingerprint density at radius 2 is 0.733 bits per heavy atom. The number of amides is 6. The minimum Gasteiger partial charge on any atom is -0.479 e. The van der Waals surface area contributed by atoms with Crippen molar-refractivity contribution in [1.29, 1.82) is 0 Å². The third-order valence-electron chi connectivity index (χ3n) is 13.4. The van der Waals surface area contributed by atoms with Crippen molar-refractivity contribution in [1.82, 2.24) is 19.6 Å². The molecule has 0 saturated heterocycles. The SMILES string of the molecule is COC(=O)Nc1ccc(C[C@H](OC(=O)[C@@H](CC(C)C)N(C)C(=O)OC(C)(C)C)C(=O)N(C)[C@H](CC(C)C)C(=O)O[C@@H](C)C(=O)N(C)[C@H](CC(C)C)C(=O)O[C@@H](Cc2ccc(NC(=O)OC)cc2)C(=O)N(C)[C@H](CC(C)C)C(=O)O[C@@H](C)C(=O)O)cc1. The van der Waals surface area contributed by atoms with Gasteiger partial charge in [0.2, 0.25) is 0 Å². The van der Waals surface area contributed by atoms with Gasteiger partial charge in [-0.25, -0.2) is 38.4 Å². The molecule has 0 aliphatic rings. The fraction of sp³-hybridized carbons (Fsp3) is 0.623. The quantitative estimate of drug-likeness (QED) is 0.0503. The van der Waals surface area contributed by atoms with Gasteiger partial charge >= 0.3 is 48.1 Å². The molecule has 2 aromatic carbocycles. The van der Waals surface area contributed by atoms with Crippen molar-refractivity contribution in [2.45, 2.75) is 183 Å². The molecule has 2 rings (SSSR count). The van der Waals surface area contributed by atoms with Crippen LogP contribution in [-0.2, 0) is 84.4 Å². The number of aliphatic carboxylic acids is 1. The molecule has 2 aromatic rings. The van der Waals surface area contributed by atoms with E-state index in [2.05, 4.69) is 20.1 Å². The number of benzene rings is 2. The summed E-state index contributed by atoms with van der Waals surface area (Å²) in [6, 6.07) is 7.06. The Balaban J connectivity index is 2.63. The first-order valence-electron chi connectivity index (χ1n) is 28.6. The average Bonchev–Trinajstić information content (AvgIpc) is 1.91. The Bertz CT molecular complexity index is 2640. The van der Waals surface area contributed by atoms with E-state index in [1.807, 2.05) is 13.8 Å². The molecule has 25 nitrogen and oxygen atoms in total. The summed E-state index contributed by atoms with van der Waals surface area (Å²) in [5, 5.41) is 14.5. The number of carboxylic acids is 1. The number of hydrogen-bond donors (Lipinski definition) is 3. The topological polar surface area (TPSA) is 310 Å². The van der Waals surface area contributed by atoms with E-state index in [0.29, 0.717) is 22.5 Å². The first-order chi connectivity index (χ1) is 39.9. The van der Waals surface area contributed by atoms with Gasteiger partial charge in [0.05, 0.1) is 14.2 Å².